The first kappa shape index (κ1) is 14.2. The molecule has 3 aromatic rings. The van der Waals surface area contributed by atoms with Gasteiger partial charge in [-0.3, -0.25) is 10.1 Å². The average molecular weight is 292 g/mol. The van der Waals surface area contributed by atoms with Crippen molar-refractivity contribution in [2.45, 2.75) is 20.8 Å². The summed E-state index contributed by atoms with van der Waals surface area (Å²) in [5.41, 5.74) is 5.35. The van der Waals surface area contributed by atoms with E-state index >= 15 is 0 Å². The highest BCUT2D eigenvalue weighted by molar-refractivity contribution is 6.00. The molecule has 0 aliphatic carbocycles. The summed E-state index contributed by atoms with van der Waals surface area (Å²) in [7, 11) is 0. The number of rotatable bonds is 2. The van der Waals surface area contributed by atoms with Crippen LogP contribution >= 0.6 is 0 Å². The Morgan fingerprint density at radius 1 is 1.00 bits per heavy atom. The zero-order valence-electron chi connectivity index (χ0n) is 12.8. The van der Waals surface area contributed by atoms with Gasteiger partial charge < -0.3 is 0 Å². The van der Waals surface area contributed by atoms with E-state index in [0.29, 0.717) is 5.39 Å². The molecular weight excluding hydrogens is 276 g/mol. The molecule has 110 valence electrons. The van der Waals surface area contributed by atoms with Gasteiger partial charge in [0.15, 0.2) is 0 Å². The van der Waals surface area contributed by atoms with E-state index in [-0.39, 0.29) is 10.6 Å². The van der Waals surface area contributed by atoms with E-state index in [4.69, 9.17) is 0 Å². The highest BCUT2D eigenvalue weighted by atomic mass is 16.6. The van der Waals surface area contributed by atoms with Crippen LogP contribution in [-0.4, -0.2) is 9.91 Å². The second-order valence-corrected chi connectivity index (χ2v) is 5.57. The summed E-state index contributed by atoms with van der Waals surface area (Å²) in [4.78, 5) is 15.2. The van der Waals surface area contributed by atoms with Crippen molar-refractivity contribution >= 4 is 16.5 Å². The molecule has 2 aromatic carbocycles. The molecule has 0 fully saturated rings. The molecule has 0 unspecified atom stereocenters. The molecule has 1 aromatic heterocycles. The van der Waals surface area contributed by atoms with Crippen molar-refractivity contribution in [3.8, 4) is 11.3 Å². The van der Waals surface area contributed by atoms with Crippen LogP contribution in [0.5, 0.6) is 0 Å². The summed E-state index contributed by atoms with van der Waals surface area (Å²) in [6, 6.07) is 11.6. The number of pyridine rings is 1. The normalized spacial score (nSPS) is 10.9. The summed E-state index contributed by atoms with van der Waals surface area (Å²) >= 11 is 0. The third kappa shape index (κ3) is 2.22. The molecule has 4 heteroatoms. The van der Waals surface area contributed by atoms with Crippen LogP contribution in [0.15, 0.2) is 42.6 Å². The van der Waals surface area contributed by atoms with Crippen LogP contribution < -0.4 is 0 Å². The molecule has 0 atom stereocenters. The van der Waals surface area contributed by atoms with E-state index in [2.05, 4.69) is 24.0 Å². The van der Waals surface area contributed by atoms with E-state index in [1.54, 1.807) is 6.07 Å². The molecule has 0 saturated heterocycles. The number of fused-ring (bicyclic) bond motifs is 1. The highest BCUT2D eigenvalue weighted by Crippen LogP contribution is 2.35. The maximum absolute atomic E-state index is 11.2. The SMILES string of the molecule is Cc1cc(C)c(-c2ncc([N+](=O)[O-])c3ccccc23)c(C)c1. The van der Waals surface area contributed by atoms with Gasteiger partial charge in [-0.15, -0.1) is 0 Å². The van der Waals surface area contributed by atoms with Crippen molar-refractivity contribution in [3.05, 3.63) is 69.4 Å². The minimum atomic E-state index is -0.381. The first-order valence-corrected chi connectivity index (χ1v) is 7.09. The second-order valence-electron chi connectivity index (χ2n) is 5.57. The molecule has 0 aliphatic rings. The molecule has 0 aliphatic heterocycles. The van der Waals surface area contributed by atoms with Gasteiger partial charge in [0.25, 0.3) is 5.69 Å². The van der Waals surface area contributed by atoms with E-state index < -0.39 is 0 Å². The molecule has 0 saturated carbocycles. The fraction of sp³-hybridized carbons (Fsp3) is 0.167. The van der Waals surface area contributed by atoms with Crippen molar-refractivity contribution in [1.82, 2.24) is 4.98 Å². The second kappa shape index (κ2) is 5.22. The molecular formula is C18H16N2O2. The largest absolute Gasteiger partial charge is 0.295 e. The van der Waals surface area contributed by atoms with Crippen molar-refractivity contribution < 1.29 is 4.92 Å². The Morgan fingerprint density at radius 2 is 1.59 bits per heavy atom. The number of hydrogen-bond acceptors (Lipinski definition) is 3. The molecule has 0 N–H and O–H groups in total. The molecule has 0 spiro atoms. The minimum absolute atomic E-state index is 0.0433. The van der Waals surface area contributed by atoms with E-state index in [0.717, 1.165) is 27.8 Å². The number of benzene rings is 2. The summed E-state index contributed by atoms with van der Waals surface area (Å²) in [5.74, 6) is 0. The Bertz CT molecular complexity index is 878. The van der Waals surface area contributed by atoms with Crippen LogP contribution in [0.4, 0.5) is 5.69 Å². The Hall–Kier alpha value is -2.75. The van der Waals surface area contributed by atoms with Crippen LogP contribution in [0.2, 0.25) is 0 Å². The van der Waals surface area contributed by atoms with E-state index in [1.807, 2.05) is 32.0 Å². The third-order valence-corrected chi connectivity index (χ3v) is 3.88. The van der Waals surface area contributed by atoms with Gasteiger partial charge >= 0.3 is 0 Å². The minimum Gasteiger partial charge on any atom is -0.258 e. The fourth-order valence-electron chi connectivity index (χ4n) is 3.08. The van der Waals surface area contributed by atoms with Crippen molar-refractivity contribution in [2.75, 3.05) is 0 Å². The van der Waals surface area contributed by atoms with E-state index in [1.165, 1.54) is 11.8 Å². The quantitative estimate of drug-likeness (QED) is 0.506. The zero-order chi connectivity index (χ0) is 15.9. The molecule has 3 rings (SSSR count). The first-order chi connectivity index (χ1) is 10.5. The lowest BCUT2D eigenvalue weighted by molar-refractivity contribution is -0.383. The maximum atomic E-state index is 11.2. The lowest BCUT2D eigenvalue weighted by atomic mass is 9.94. The predicted octanol–water partition coefficient (Wildman–Crippen LogP) is 4.74. The van der Waals surface area contributed by atoms with Gasteiger partial charge in [-0.1, -0.05) is 35.9 Å². The molecule has 4 nitrogen and oxygen atoms in total. The summed E-state index contributed by atoms with van der Waals surface area (Å²) in [6.07, 6.45) is 1.36. The fourth-order valence-corrected chi connectivity index (χ4v) is 3.08. The third-order valence-electron chi connectivity index (χ3n) is 3.88. The van der Waals surface area contributed by atoms with Gasteiger partial charge in [0, 0.05) is 10.9 Å². The number of aryl methyl sites for hydroxylation is 3. The summed E-state index contributed by atoms with van der Waals surface area (Å²) in [5, 5.41) is 12.6. The predicted molar refractivity (Wildman–Crippen MR) is 88.0 cm³/mol. The van der Waals surface area contributed by atoms with Crippen LogP contribution in [0.25, 0.3) is 22.0 Å². The molecule has 1 heterocycles. The van der Waals surface area contributed by atoms with Gasteiger partial charge in [0.2, 0.25) is 0 Å². The Kier molecular flexibility index (Phi) is 3.37. The van der Waals surface area contributed by atoms with Crippen molar-refractivity contribution in [2.24, 2.45) is 0 Å². The monoisotopic (exact) mass is 292 g/mol. The smallest absolute Gasteiger partial charge is 0.258 e. The van der Waals surface area contributed by atoms with Crippen LogP contribution in [-0.2, 0) is 0 Å². The zero-order valence-corrected chi connectivity index (χ0v) is 12.8. The van der Waals surface area contributed by atoms with Gasteiger partial charge in [0.05, 0.1) is 16.0 Å². The van der Waals surface area contributed by atoms with Gasteiger partial charge in [-0.2, -0.15) is 0 Å². The highest BCUT2D eigenvalue weighted by Gasteiger charge is 2.18. The molecule has 0 radical (unpaired) electrons. The number of nitro groups is 1. The van der Waals surface area contributed by atoms with Crippen LogP contribution in [0, 0.1) is 30.9 Å². The Balaban J connectivity index is 2.39. The Labute approximate surface area is 128 Å². The number of hydrogen-bond donors (Lipinski definition) is 0. The van der Waals surface area contributed by atoms with Gasteiger partial charge in [0.1, 0.15) is 6.20 Å². The molecule has 22 heavy (non-hydrogen) atoms. The van der Waals surface area contributed by atoms with Gasteiger partial charge in [-0.25, -0.2) is 4.98 Å². The van der Waals surface area contributed by atoms with Crippen molar-refractivity contribution in [1.29, 1.82) is 0 Å². The molecule has 0 bridgehead atoms. The average Bonchev–Trinajstić information content (AvgIpc) is 2.46. The van der Waals surface area contributed by atoms with Crippen molar-refractivity contribution in [3.63, 3.8) is 0 Å². The standard InChI is InChI=1S/C18H16N2O2/c1-11-8-12(2)17(13(3)9-11)18-15-7-5-4-6-14(15)16(10-19-18)20(21)22/h4-10H,1-3H3. The topological polar surface area (TPSA) is 56.0 Å². The molecule has 0 amide bonds. The van der Waals surface area contributed by atoms with Gasteiger partial charge in [-0.05, 0) is 38.0 Å². The number of aromatic nitrogens is 1. The first-order valence-electron chi connectivity index (χ1n) is 7.09. The lowest BCUT2D eigenvalue weighted by Gasteiger charge is -2.13. The Morgan fingerprint density at radius 3 is 2.18 bits per heavy atom. The van der Waals surface area contributed by atoms with Crippen LogP contribution in [0.3, 0.4) is 0 Å². The lowest BCUT2D eigenvalue weighted by Crippen LogP contribution is -1.97. The number of nitrogens with zero attached hydrogens (tertiary/aromatic N) is 2. The van der Waals surface area contributed by atoms with Crippen LogP contribution in [0.1, 0.15) is 16.7 Å². The van der Waals surface area contributed by atoms with E-state index in [9.17, 15) is 10.1 Å². The maximum Gasteiger partial charge on any atom is 0.295 e. The summed E-state index contributed by atoms with van der Waals surface area (Å²) in [6.45, 7) is 6.16. The summed E-state index contributed by atoms with van der Waals surface area (Å²) < 4.78 is 0.